The first-order valence-corrected chi connectivity index (χ1v) is 8.06. The fourth-order valence-corrected chi connectivity index (χ4v) is 3.20. The second kappa shape index (κ2) is 6.57. The number of nitrogens with one attached hydrogen (secondary N) is 1. The molecule has 0 aliphatic carbocycles. The van der Waals surface area contributed by atoms with Gasteiger partial charge in [0.15, 0.2) is 0 Å². The molecule has 110 valence electrons. The molecule has 0 radical (unpaired) electrons. The monoisotopic (exact) mass is 339 g/mol. The first-order valence-electron chi connectivity index (χ1n) is 7.26. The molecule has 5 heteroatoms. The van der Waals surface area contributed by atoms with Gasteiger partial charge in [-0.15, -0.1) is 0 Å². The van der Waals surface area contributed by atoms with Gasteiger partial charge < -0.3 is 10.2 Å². The summed E-state index contributed by atoms with van der Waals surface area (Å²) in [5.41, 5.74) is 0.654. The average molecular weight is 340 g/mol. The van der Waals surface area contributed by atoms with Crippen molar-refractivity contribution in [1.82, 2.24) is 9.88 Å². The number of nitrogens with zero attached hydrogens (tertiary/aromatic N) is 2. The Morgan fingerprint density at radius 3 is 2.70 bits per heavy atom. The Hall–Kier alpha value is -1.10. The van der Waals surface area contributed by atoms with Crippen molar-refractivity contribution < 1.29 is 4.79 Å². The summed E-state index contributed by atoms with van der Waals surface area (Å²) in [5, 5.41) is 3.17. The van der Waals surface area contributed by atoms with Gasteiger partial charge >= 0.3 is 0 Å². The number of piperidine rings is 1. The Balaban J connectivity index is 2.34. The Labute approximate surface area is 129 Å². The van der Waals surface area contributed by atoms with Crippen LogP contribution < -0.4 is 5.32 Å². The van der Waals surface area contributed by atoms with E-state index in [4.69, 9.17) is 0 Å². The second-order valence-corrected chi connectivity index (χ2v) is 6.34. The predicted octanol–water partition coefficient (Wildman–Crippen LogP) is 3.68. The number of hydrogen-bond acceptors (Lipinski definition) is 3. The Bertz CT molecular complexity index is 482. The van der Waals surface area contributed by atoms with Crippen molar-refractivity contribution in [2.45, 2.75) is 52.1 Å². The van der Waals surface area contributed by atoms with Crippen LogP contribution in [0, 0.1) is 0 Å². The molecule has 1 aromatic heterocycles. The smallest absolute Gasteiger partial charge is 0.258 e. The summed E-state index contributed by atoms with van der Waals surface area (Å²) in [5.74, 6) is 0.750. The highest BCUT2D eigenvalue weighted by Crippen LogP contribution is 2.27. The number of likely N-dealkylation sites (tertiary alicyclic amines) is 1. The van der Waals surface area contributed by atoms with E-state index >= 15 is 0 Å². The fourth-order valence-electron chi connectivity index (χ4n) is 2.87. The molecule has 4 nitrogen and oxygen atoms in total. The van der Waals surface area contributed by atoms with Gasteiger partial charge in [-0.25, -0.2) is 4.98 Å². The van der Waals surface area contributed by atoms with E-state index < -0.39 is 0 Å². The topological polar surface area (TPSA) is 45.2 Å². The van der Waals surface area contributed by atoms with Crippen molar-refractivity contribution >= 4 is 27.7 Å². The molecule has 1 aromatic rings. The second-order valence-electron chi connectivity index (χ2n) is 5.42. The van der Waals surface area contributed by atoms with Crippen molar-refractivity contribution in [3.63, 3.8) is 0 Å². The van der Waals surface area contributed by atoms with Gasteiger partial charge in [0, 0.05) is 29.3 Å². The molecule has 0 bridgehead atoms. The molecule has 1 aliphatic heterocycles. The molecule has 1 N–H and O–H groups in total. The Morgan fingerprint density at radius 1 is 1.45 bits per heavy atom. The largest absolute Gasteiger partial charge is 0.370 e. The van der Waals surface area contributed by atoms with Crippen molar-refractivity contribution in [3.8, 4) is 0 Å². The van der Waals surface area contributed by atoms with E-state index in [1.165, 1.54) is 6.42 Å². The minimum absolute atomic E-state index is 0.0782. The van der Waals surface area contributed by atoms with Crippen LogP contribution in [0.2, 0.25) is 0 Å². The number of amides is 1. The van der Waals surface area contributed by atoms with Gasteiger partial charge in [0.05, 0.1) is 5.56 Å². The number of hydrogen-bond donors (Lipinski definition) is 1. The lowest BCUT2D eigenvalue weighted by Crippen LogP contribution is -2.47. The van der Waals surface area contributed by atoms with E-state index in [0.717, 1.165) is 23.9 Å². The van der Waals surface area contributed by atoms with Gasteiger partial charge in [-0.1, -0.05) is 0 Å². The van der Waals surface area contributed by atoms with Crippen molar-refractivity contribution in [2.24, 2.45) is 0 Å². The molecule has 1 fully saturated rings. The van der Waals surface area contributed by atoms with Gasteiger partial charge in [-0.3, -0.25) is 4.79 Å². The summed E-state index contributed by atoms with van der Waals surface area (Å²) >= 11 is 3.41. The van der Waals surface area contributed by atoms with Crippen LogP contribution in [0.15, 0.2) is 16.7 Å². The normalized spacial score (nSPS) is 22.7. The summed E-state index contributed by atoms with van der Waals surface area (Å²) in [4.78, 5) is 19.2. The first-order chi connectivity index (χ1) is 9.54. The van der Waals surface area contributed by atoms with Crippen molar-refractivity contribution in [2.75, 3.05) is 11.9 Å². The summed E-state index contributed by atoms with van der Waals surface area (Å²) in [6, 6.07) is 2.45. The van der Waals surface area contributed by atoms with Crippen molar-refractivity contribution in [3.05, 3.63) is 22.3 Å². The Morgan fingerprint density at radius 2 is 2.10 bits per heavy atom. The lowest BCUT2D eigenvalue weighted by molar-refractivity contribution is 0.0511. The molecule has 1 amide bonds. The molecule has 1 saturated heterocycles. The lowest BCUT2D eigenvalue weighted by atomic mass is 9.96. The molecular formula is C15H22BrN3O. The maximum absolute atomic E-state index is 12.9. The predicted molar refractivity (Wildman–Crippen MR) is 85.0 cm³/mol. The summed E-state index contributed by atoms with van der Waals surface area (Å²) in [6.45, 7) is 7.02. The number of carbonyl (C=O) groups is 1. The SMILES string of the molecule is CCNc1ncc(Br)cc1C(=O)N1C(C)CCCC1C. The zero-order valence-electron chi connectivity index (χ0n) is 12.3. The molecule has 20 heavy (non-hydrogen) atoms. The third-order valence-corrected chi connectivity index (χ3v) is 4.29. The average Bonchev–Trinajstić information content (AvgIpc) is 2.40. The number of carbonyl (C=O) groups excluding carboxylic acids is 1. The summed E-state index contributed by atoms with van der Waals surface area (Å²) in [7, 11) is 0. The van der Waals surface area contributed by atoms with E-state index in [9.17, 15) is 4.79 Å². The number of halogens is 1. The summed E-state index contributed by atoms with van der Waals surface area (Å²) < 4.78 is 0.833. The highest BCUT2D eigenvalue weighted by atomic mass is 79.9. The van der Waals surface area contributed by atoms with Crippen LogP contribution in [0.25, 0.3) is 0 Å². The molecule has 2 rings (SSSR count). The van der Waals surface area contributed by atoms with Gasteiger partial charge in [-0.2, -0.15) is 0 Å². The fraction of sp³-hybridized carbons (Fsp3) is 0.600. The van der Waals surface area contributed by atoms with Gasteiger partial charge in [-0.05, 0) is 62.0 Å². The van der Waals surface area contributed by atoms with Crippen LogP contribution in [0.4, 0.5) is 5.82 Å². The Kier molecular flexibility index (Phi) is 5.02. The van der Waals surface area contributed by atoms with Gasteiger partial charge in [0.1, 0.15) is 5.82 Å². The van der Waals surface area contributed by atoms with Gasteiger partial charge in [0.2, 0.25) is 0 Å². The third kappa shape index (κ3) is 3.14. The van der Waals surface area contributed by atoms with E-state index in [1.54, 1.807) is 6.20 Å². The molecule has 2 heterocycles. The molecule has 0 aromatic carbocycles. The first kappa shape index (κ1) is 15.3. The number of rotatable bonds is 3. The minimum Gasteiger partial charge on any atom is -0.370 e. The van der Waals surface area contributed by atoms with Crippen LogP contribution in [0.5, 0.6) is 0 Å². The minimum atomic E-state index is 0.0782. The zero-order valence-corrected chi connectivity index (χ0v) is 13.9. The molecule has 0 spiro atoms. The van der Waals surface area contributed by atoms with E-state index in [-0.39, 0.29) is 5.91 Å². The van der Waals surface area contributed by atoms with E-state index in [0.29, 0.717) is 23.5 Å². The highest BCUT2D eigenvalue weighted by molar-refractivity contribution is 9.10. The van der Waals surface area contributed by atoms with Gasteiger partial charge in [0.25, 0.3) is 5.91 Å². The van der Waals surface area contributed by atoms with E-state index in [2.05, 4.69) is 40.1 Å². The zero-order chi connectivity index (χ0) is 14.7. The maximum atomic E-state index is 12.9. The standard InChI is InChI=1S/C15H22BrN3O/c1-4-17-14-13(8-12(16)9-18-14)15(20)19-10(2)6-5-7-11(19)3/h8-11H,4-7H2,1-3H3,(H,17,18). The maximum Gasteiger partial charge on any atom is 0.258 e. The quantitative estimate of drug-likeness (QED) is 0.913. The molecule has 0 saturated carbocycles. The van der Waals surface area contributed by atoms with Crippen LogP contribution in [0.3, 0.4) is 0 Å². The number of pyridine rings is 1. The lowest BCUT2D eigenvalue weighted by Gasteiger charge is -2.39. The summed E-state index contributed by atoms with van der Waals surface area (Å²) in [6.07, 6.45) is 5.07. The molecule has 1 aliphatic rings. The highest BCUT2D eigenvalue weighted by Gasteiger charge is 2.31. The molecule has 2 unspecified atom stereocenters. The van der Waals surface area contributed by atoms with Crippen LogP contribution in [0.1, 0.15) is 50.4 Å². The number of anilines is 1. The van der Waals surface area contributed by atoms with Crippen molar-refractivity contribution in [1.29, 1.82) is 0 Å². The number of aromatic nitrogens is 1. The van der Waals surface area contributed by atoms with Crippen LogP contribution in [-0.4, -0.2) is 34.4 Å². The van der Waals surface area contributed by atoms with Crippen LogP contribution in [-0.2, 0) is 0 Å². The van der Waals surface area contributed by atoms with E-state index in [1.807, 2.05) is 17.9 Å². The molecular weight excluding hydrogens is 318 g/mol. The third-order valence-electron chi connectivity index (χ3n) is 3.86. The molecule has 2 atom stereocenters. The van der Waals surface area contributed by atoms with Crippen LogP contribution >= 0.6 is 15.9 Å².